The van der Waals surface area contributed by atoms with Gasteiger partial charge in [-0.1, -0.05) is 0 Å². The molecule has 114 valence electrons. The van der Waals surface area contributed by atoms with Crippen LogP contribution in [0, 0.1) is 5.82 Å². The van der Waals surface area contributed by atoms with Gasteiger partial charge < -0.3 is 15.2 Å². The van der Waals surface area contributed by atoms with Gasteiger partial charge in [-0.2, -0.15) is 4.31 Å². The Kier molecular flexibility index (Phi) is 6.34. The molecule has 20 heavy (non-hydrogen) atoms. The molecule has 0 heterocycles. The molecule has 0 bridgehead atoms. The summed E-state index contributed by atoms with van der Waals surface area (Å²) >= 11 is 0. The van der Waals surface area contributed by atoms with Gasteiger partial charge in [0.25, 0.3) is 0 Å². The summed E-state index contributed by atoms with van der Waals surface area (Å²) in [6.07, 6.45) is 0. The van der Waals surface area contributed by atoms with E-state index in [1.165, 1.54) is 24.6 Å². The van der Waals surface area contributed by atoms with Crippen molar-refractivity contribution in [2.24, 2.45) is 0 Å². The summed E-state index contributed by atoms with van der Waals surface area (Å²) in [5.74, 6) is -0.693. The molecule has 0 saturated carbocycles. The summed E-state index contributed by atoms with van der Waals surface area (Å²) in [4.78, 5) is -0.179. The van der Waals surface area contributed by atoms with Crippen LogP contribution in [0.5, 0.6) is 0 Å². The van der Waals surface area contributed by atoms with Crippen LogP contribution in [0.15, 0.2) is 23.1 Å². The number of anilines is 1. The van der Waals surface area contributed by atoms with E-state index in [0.29, 0.717) is 0 Å². The number of ether oxygens (including phenoxy) is 2. The van der Waals surface area contributed by atoms with Crippen LogP contribution in [0.3, 0.4) is 0 Å². The normalized spacial score (nSPS) is 12.0. The van der Waals surface area contributed by atoms with Crippen LogP contribution < -0.4 is 5.73 Å². The zero-order chi connectivity index (χ0) is 15.2. The van der Waals surface area contributed by atoms with E-state index in [4.69, 9.17) is 15.2 Å². The first kappa shape index (κ1) is 16.8. The minimum atomic E-state index is -3.84. The topological polar surface area (TPSA) is 81.9 Å². The minimum absolute atomic E-state index is 0.0574. The third-order valence-corrected chi connectivity index (χ3v) is 4.50. The molecule has 0 saturated heterocycles. The summed E-state index contributed by atoms with van der Waals surface area (Å²) < 4.78 is 49.1. The predicted octanol–water partition coefficient (Wildman–Crippen LogP) is 0.691. The van der Waals surface area contributed by atoms with Crippen LogP contribution in [0.4, 0.5) is 10.1 Å². The first-order chi connectivity index (χ1) is 9.41. The van der Waals surface area contributed by atoms with Gasteiger partial charge in [-0.3, -0.25) is 0 Å². The third kappa shape index (κ3) is 4.41. The van der Waals surface area contributed by atoms with Gasteiger partial charge in [-0.15, -0.1) is 0 Å². The standard InChI is InChI=1S/C12H19FN2O4S/c1-18-5-3-15(4-6-19-2)20(16,17)12-8-10(13)7-11(14)9-12/h7-9H,3-6,14H2,1-2H3. The van der Waals surface area contributed by atoms with Crippen LogP contribution in [0.25, 0.3) is 0 Å². The molecule has 0 aliphatic rings. The van der Waals surface area contributed by atoms with E-state index < -0.39 is 15.8 Å². The molecule has 0 spiro atoms. The van der Waals surface area contributed by atoms with Crippen molar-refractivity contribution >= 4 is 15.7 Å². The highest BCUT2D eigenvalue weighted by Crippen LogP contribution is 2.20. The van der Waals surface area contributed by atoms with E-state index in [9.17, 15) is 12.8 Å². The molecule has 0 fully saturated rings. The maximum Gasteiger partial charge on any atom is 0.243 e. The average molecular weight is 306 g/mol. The fourth-order valence-corrected chi connectivity index (χ4v) is 3.10. The Morgan fingerprint density at radius 2 is 1.70 bits per heavy atom. The second-order valence-corrected chi connectivity index (χ2v) is 6.05. The Morgan fingerprint density at radius 1 is 1.15 bits per heavy atom. The highest BCUT2D eigenvalue weighted by Gasteiger charge is 2.24. The van der Waals surface area contributed by atoms with Gasteiger partial charge in [0.1, 0.15) is 5.82 Å². The number of rotatable bonds is 8. The molecular weight excluding hydrogens is 287 g/mol. The van der Waals surface area contributed by atoms with Crippen LogP contribution >= 0.6 is 0 Å². The van der Waals surface area contributed by atoms with Gasteiger partial charge in [0, 0.05) is 33.0 Å². The Hall–Kier alpha value is -1.22. The monoisotopic (exact) mass is 306 g/mol. The first-order valence-corrected chi connectivity index (χ1v) is 7.40. The second kappa shape index (κ2) is 7.53. The van der Waals surface area contributed by atoms with Crippen molar-refractivity contribution in [2.75, 3.05) is 46.3 Å². The SMILES string of the molecule is COCCN(CCOC)S(=O)(=O)c1cc(N)cc(F)c1. The molecule has 0 aliphatic heterocycles. The van der Waals surface area contributed by atoms with Gasteiger partial charge in [-0.25, -0.2) is 12.8 Å². The maximum absolute atomic E-state index is 13.3. The molecule has 0 aromatic heterocycles. The fraction of sp³-hybridized carbons (Fsp3) is 0.500. The quantitative estimate of drug-likeness (QED) is 0.715. The molecule has 0 atom stereocenters. The lowest BCUT2D eigenvalue weighted by molar-refractivity contribution is 0.150. The number of methoxy groups -OCH3 is 2. The van der Waals surface area contributed by atoms with Gasteiger partial charge in [-0.05, 0) is 18.2 Å². The molecule has 0 amide bonds. The van der Waals surface area contributed by atoms with E-state index in [-0.39, 0.29) is 36.9 Å². The number of hydrogen-bond donors (Lipinski definition) is 1. The van der Waals surface area contributed by atoms with Gasteiger partial charge in [0.15, 0.2) is 0 Å². The van der Waals surface area contributed by atoms with Crippen LogP contribution in [-0.4, -0.2) is 53.2 Å². The van der Waals surface area contributed by atoms with Gasteiger partial charge in [0.2, 0.25) is 10.0 Å². The predicted molar refractivity (Wildman–Crippen MR) is 73.3 cm³/mol. The van der Waals surface area contributed by atoms with E-state index in [1.54, 1.807) is 0 Å². The van der Waals surface area contributed by atoms with E-state index in [1.807, 2.05) is 0 Å². The zero-order valence-corrected chi connectivity index (χ0v) is 12.3. The Balaban J connectivity index is 3.07. The molecule has 2 N–H and O–H groups in total. The number of hydrogen-bond acceptors (Lipinski definition) is 5. The smallest absolute Gasteiger partial charge is 0.243 e. The Bertz CT molecular complexity index is 508. The molecule has 0 aliphatic carbocycles. The van der Waals surface area contributed by atoms with Crippen molar-refractivity contribution in [1.29, 1.82) is 0 Å². The van der Waals surface area contributed by atoms with Crippen LogP contribution in [0.2, 0.25) is 0 Å². The van der Waals surface area contributed by atoms with Crippen molar-refractivity contribution in [1.82, 2.24) is 4.31 Å². The lowest BCUT2D eigenvalue weighted by Crippen LogP contribution is -2.36. The highest BCUT2D eigenvalue weighted by atomic mass is 32.2. The molecule has 6 nitrogen and oxygen atoms in total. The van der Waals surface area contributed by atoms with Crippen molar-refractivity contribution < 1.29 is 22.3 Å². The van der Waals surface area contributed by atoms with E-state index in [2.05, 4.69) is 0 Å². The Labute approximate surface area is 118 Å². The summed E-state index contributed by atoms with van der Waals surface area (Å²) in [6.45, 7) is 0.763. The number of halogens is 1. The largest absolute Gasteiger partial charge is 0.399 e. The molecule has 8 heteroatoms. The Morgan fingerprint density at radius 3 is 2.15 bits per heavy atom. The molecule has 1 rings (SSSR count). The van der Waals surface area contributed by atoms with Crippen molar-refractivity contribution in [2.45, 2.75) is 4.90 Å². The lowest BCUT2D eigenvalue weighted by atomic mass is 10.3. The maximum atomic E-state index is 13.3. The fourth-order valence-electron chi connectivity index (χ4n) is 1.62. The summed E-state index contributed by atoms with van der Waals surface area (Å²) in [5.41, 5.74) is 5.54. The van der Waals surface area contributed by atoms with Gasteiger partial charge >= 0.3 is 0 Å². The number of nitrogens with two attached hydrogens (primary N) is 1. The van der Waals surface area contributed by atoms with Crippen molar-refractivity contribution in [3.63, 3.8) is 0 Å². The van der Waals surface area contributed by atoms with Crippen molar-refractivity contribution in [3.05, 3.63) is 24.0 Å². The third-order valence-electron chi connectivity index (χ3n) is 2.62. The number of nitrogens with zero attached hydrogens (tertiary/aromatic N) is 1. The van der Waals surface area contributed by atoms with E-state index in [0.717, 1.165) is 12.1 Å². The number of nitrogen functional groups attached to an aromatic ring is 1. The summed E-state index contributed by atoms with van der Waals surface area (Å²) in [5, 5.41) is 0. The number of benzene rings is 1. The van der Waals surface area contributed by atoms with Gasteiger partial charge in [0.05, 0.1) is 18.1 Å². The number of sulfonamides is 1. The molecular formula is C12H19FN2O4S. The molecule has 0 radical (unpaired) electrons. The van der Waals surface area contributed by atoms with E-state index >= 15 is 0 Å². The molecule has 1 aromatic carbocycles. The summed E-state index contributed by atoms with van der Waals surface area (Å²) in [7, 11) is -0.890. The second-order valence-electron chi connectivity index (χ2n) is 4.11. The summed E-state index contributed by atoms with van der Waals surface area (Å²) in [6, 6.07) is 3.23. The van der Waals surface area contributed by atoms with Crippen LogP contribution in [0.1, 0.15) is 0 Å². The zero-order valence-electron chi connectivity index (χ0n) is 11.5. The minimum Gasteiger partial charge on any atom is -0.399 e. The average Bonchev–Trinajstić information content (AvgIpc) is 2.37. The molecule has 1 aromatic rings. The first-order valence-electron chi connectivity index (χ1n) is 5.96. The lowest BCUT2D eigenvalue weighted by Gasteiger charge is -2.21. The molecule has 0 unspecified atom stereocenters. The van der Waals surface area contributed by atoms with Crippen LogP contribution in [-0.2, 0) is 19.5 Å². The highest BCUT2D eigenvalue weighted by molar-refractivity contribution is 7.89. The van der Waals surface area contributed by atoms with Crippen molar-refractivity contribution in [3.8, 4) is 0 Å².